The van der Waals surface area contributed by atoms with Crippen LogP contribution in [0.5, 0.6) is 11.5 Å². The highest BCUT2D eigenvalue weighted by Crippen LogP contribution is 2.32. The van der Waals surface area contributed by atoms with Crippen LogP contribution in [-0.4, -0.2) is 40.8 Å². The third-order valence-electron chi connectivity index (χ3n) is 4.00. The summed E-state index contributed by atoms with van der Waals surface area (Å²) in [5.41, 5.74) is 0.468. The lowest BCUT2D eigenvalue weighted by Gasteiger charge is -2.19. The molecule has 0 aliphatic rings. The zero-order chi connectivity index (χ0) is 23.1. The van der Waals surface area contributed by atoms with Crippen molar-refractivity contribution in [2.45, 2.75) is 26.4 Å². The largest absolute Gasteiger partial charge is 0.477 e. The summed E-state index contributed by atoms with van der Waals surface area (Å²) in [5.74, 6) is 0.298. The molecule has 0 spiro atoms. The van der Waals surface area contributed by atoms with E-state index < -0.39 is 17.7 Å². The summed E-state index contributed by atoms with van der Waals surface area (Å²) >= 11 is 1.04. The maximum Gasteiger partial charge on any atom is 0.407 e. The number of amides is 1. The van der Waals surface area contributed by atoms with Crippen molar-refractivity contribution < 1.29 is 24.2 Å². The third-order valence-corrected chi connectivity index (χ3v) is 5.00. The monoisotopic (exact) mass is 455 g/mol. The average molecular weight is 456 g/mol. The van der Waals surface area contributed by atoms with Gasteiger partial charge in [-0.2, -0.15) is 0 Å². The van der Waals surface area contributed by atoms with E-state index in [1.165, 1.54) is 0 Å². The number of hydrogen-bond acceptors (Lipinski definition) is 7. The number of nitrogens with one attached hydrogen (secondary N) is 2. The molecule has 0 saturated heterocycles. The number of carbonyl (C=O) groups excluding carboxylic acids is 1. The van der Waals surface area contributed by atoms with Crippen LogP contribution in [-0.2, 0) is 4.74 Å². The maximum atomic E-state index is 11.7. The Bertz CT molecular complexity index is 1060. The number of nitrogens with zero attached hydrogens (tertiary/aromatic N) is 1. The van der Waals surface area contributed by atoms with Crippen LogP contribution in [0.4, 0.5) is 9.93 Å². The van der Waals surface area contributed by atoms with Crippen molar-refractivity contribution in [1.82, 2.24) is 10.3 Å². The molecule has 1 heterocycles. The van der Waals surface area contributed by atoms with E-state index in [1.807, 2.05) is 30.3 Å². The molecule has 1 aromatic heterocycles. The van der Waals surface area contributed by atoms with Gasteiger partial charge in [0.1, 0.15) is 22.0 Å². The van der Waals surface area contributed by atoms with Gasteiger partial charge in [0.2, 0.25) is 0 Å². The molecular weight excluding hydrogens is 430 g/mol. The van der Waals surface area contributed by atoms with Crippen LogP contribution in [0.1, 0.15) is 30.4 Å². The van der Waals surface area contributed by atoms with Gasteiger partial charge in [-0.05, 0) is 57.2 Å². The van der Waals surface area contributed by atoms with Crippen LogP contribution < -0.4 is 15.4 Å². The van der Waals surface area contributed by atoms with Crippen LogP contribution in [0, 0.1) is 0 Å². The SMILES string of the molecule is CC(C)(C)OC(=O)NCCNc1nc(-c2ccc(Oc3ccccc3)cc2)c(C(=O)O)s1. The number of para-hydroxylation sites is 1. The van der Waals surface area contributed by atoms with Crippen molar-refractivity contribution in [3.63, 3.8) is 0 Å². The van der Waals surface area contributed by atoms with Crippen molar-refractivity contribution in [2.75, 3.05) is 18.4 Å². The van der Waals surface area contributed by atoms with Crippen LogP contribution in [0.15, 0.2) is 54.6 Å². The van der Waals surface area contributed by atoms with Crippen molar-refractivity contribution in [3.05, 3.63) is 59.5 Å². The molecule has 0 atom stereocenters. The Morgan fingerprint density at radius 1 is 1.00 bits per heavy atom. The number of alkyl carbamates (subject to hydrolysis) is 1. The van der Waals surface area contributed by atoms with Crippen LogP contribution >= 0.6 is 11.3 Å². The number of thiazole rings is 1. The summed E-state index contributed by atoms with van der Waals surface area (Å²) in [7, 11) is 0. The van der Waals surface area contributed by atoms with Crippen molar-refractivity contribution >= 4 is 28.5 Å². The van der Waals surface area contributed by atoms with Gasteiger partial charge in [0.15, 0.2) is 5.13 Å². The molecule has 0 saturated carbocycles. The second-order valence-electron chi connectivity index (χ2n) is 7.80. The minimum atomic E-state index is -1.05. The number of hydrogen-bond donors (Lipinski definition) is 3. The number of aromatic carboxylic acids is 1. The third kappa shape index (κ3) is 6.71. The van der Waals surface area contributed by atoms with E-state index in [4.69, 9.17) is 9.47 Å². The Hall–Kier alpha value is -3.59. The summed E-state index contributed by atoms with van der Waals surface area (Å²) in [6, 6.07) is 16.5. The number of rotatable bonds is 8. The fraction of sp³-hybridized carbons (Fsp3) is 0.261. The molecule has 0 bridgehead atoms. The Morgan fingerprint density at radius 3 is 2.28 bits per heavy atom. The highest BCUT2D eigenvalue weighted by atomic mass is 32.1. The molecule has 3 N–H and O–H groups in total. The first kappa shape index (κ1) is 23.1. The van der Waals surface area contributed by atoms with E-state index in [0.717, 1.165) is 11.3 Å². The molecule has 0 radical (unpaired) electrons. The Kier molecular flexibility index (Phi) is 7.32. The van der Waals surface area contributed by atoms with E-state index in [1.54, 1.807) is 45.0 Å². The van der Waals surface area contributed by atoms with Gasteiger partial charge in [-0.15, -0.1) is 0 Å². The van der Waals surface area contributed by atoms with E-state index in [0.29, 0.717) is 41.0 Å². The number of anilines is 1. The molecule has 0 aliphatic carbocycles. The van der Waals surface area contributed by atoms with E-state index in [2.05, 4.69) is 15.6 Å². The van der Waals surface area contributed by atoms with E-state index in [9.17, 15) is 14.7 Å². The summed E-state index contributed by atoms with van der Waals surface area (Å²) < 4.78 is 10.9. The minimum Gasteiger partial charge on any atom is -0.477 e. The van der Waals surface area contributed by atoms with Gasteiger partial charge in [0.05, 0.1) is 5.69 Å². The topological polar surface area (TPSA) is 110 Å². The second-order valence-corrected chi connectivity index (χ2v) is 8.80. The lowest BCUT2D eigenvalue weighted by atomic mass is 10.1. The lowest BCUT2D eigenvalue weighted by Crippen LogP contribution is -2.34. The molecular formula is C23H25N3O5S. The molecule has 8 nitrogen and oxygen atoms in total. The average Bonchev–Trinajstić information content (AvgIpc) is 3.16. The molecule has 0 unspecified atom stereocenters. The van der Waals surface area contributed by atoms with Gasteiger partial charge < -0.3 is 25.2 Å². The zero-order valence-electron chi connectivity index (χ0n) is 18.0. The van der Waals surface area contributed by atoms with Gasteiger partial charge in [-0.1, -0.05) is 29.5 Å². The second kappa shape index (κ2) is 10.1. The molecule has 2 aromatic carbocycles. The van der Waals surface area contributed by atoms with Crippen LogP contribution in [0.2, 0.25) is 0 Å². The standard InChI is InChI=1S/C23H25N3O5S/c1-23(2,3)31-22(29)25-14-13-24-21-26-18(19(32-21)20(27)28)15-9-11-17(12-10-15)30-16-7-5-4-6-8-16/h4-12H,13-14H2,1-3H3,(H,24,26)(H,25,29)(H,27,28). The fourth-order valence-electron chi connectivity index (χ4n) is 2.69. The van der Waals surface area contributed by atoms with Gasteiger partial charge in [0.25, 0.3) is 0 Å². The smallest absolute Gasteiger partial charge is 0.407 e. The number of carboxylic acids is 1. The first-order valence-electron chi connectivity index (χ1n) is 9.99. The van der Waals surface area contributed by atoms with E-state index >= 15 is 0 Å². The van der Waals surface area contributed by atoms with Gasteiger partial charge in [0, 0.05) is 18.7 Å². The molecule has 3 rings (SSSR count). The quantitative estimate of drug-likeness (QED) is 0.399. The Labute approximate surface area is 190 Å². The lowest BCUT2D eigenvalue weighted by molar-refractivity contribution is 0.0529. The number of benzene rings is 2. The summed E-state index contributed by atoms with van der Waals surface area (Å²) in [4.78, 5) is 28.0. The van der Waals surface area contributed by atoms with Crippen molar-refractivity contribution in [3.8, 4) is 22.8 Å². The van der Waals surface area contributed by atoms with Gasteiger partial charge in [-0.25, -0.2) is 14.6 Å². The maximum absolute atomic E-state index is 11.7. The number of carbonyl (C=O) groups is 2. The fourth-order valence-corrected chi connectivity index (χ4v) is 3.54. The molecule has 3 aromatic rings. The summed E-state index contributed by atoms with van der Waals surface area (Å²) in [5, 5.41) is 15.7. The number of aromatic nitrogens is 1. The first-order chi connectivity index (χ1) is 15.2. The molecule has 9 heteroatoms. The summed E-state index contributed by atoms with van der Waals surface area (Å²) in [6.45, 7) is 6.04. The van der Waals surface area contributed by atoms with Crippen molar-refractivity contribution in [1.29, 1.82) is 0 Å². The predicted molar refractivity (Wildman–Crippen MR) is 124 cm³/mol. The molecule has 168 valence electrons. The molecule has 0 aliphatic heterocycles. The number of carboxylic acid groups (broad SMARTS) is 1. The zero-order valence-corrected chi connectivity index (χ0v) is 18.9. The molecule has 1 amide bonds. The number of ether oxygens (including phenoxy) is 2. The van der Waals surface area contributed by atoms with Gasteiger partial charge in [-0.3, -0.25) is 0 Å². The highest BCUT2D eigenvalue weighted by molar-refractivity contribution is 7.17. The molecule has 32 heavy (non-hydrogen) atoms. The highest BCUT2D eigenvalue weighted by Gasteiger charge is 2.19. The Balaban J connectivity index is 1.63. The normalized spacial score (nSPS) is 11.0. The Morgan fingerprint density at radius 2 is 1.66 bits per heavy atom. The first-order valence-corrected chi connectivity index (χ1v) is 10.8. The minimum absolute atomic E-state index is 0.129. The van der Waals surface area contributed by atoms with Crippen molar-refractivity contribution in [2.24, 2.45) is 0 Å². The predicted octanol–water partition coefficient (Wildman–Crippen LogP) is 5.24. The van der Waals surface area contributed by atoms with Crippen LogP contribution in [0.3, 0.4) is 0 Å². The van der Waals surface area contributed by atoms with Crippen LogP contribution in [0.25, 0.3) is 11.3 Å². The summed E-state index contributed by atoms with van der Waals surface area (Å²) in [6.07, 6.45) is -0.511. The van der Waals surface area contributed by atoms with E-state index in [-0.39, 0.29) is 4.88 Å². The van der Waals surface area contributed by atoms with Gasteiger partial charge >= 0.3 is 12.1 Å². The molecule has 0 fully saturated rings.